The van der Waals surface area contributed by atoms with Gasteiger partial charge in [-0.1, -0.05) is 27.2 Å². The van der Waals surface area contributed by atoms with Crippen LogP contribution < -0.4 is 0 Å². The molecular formula is C10H21BO3. The summed E-state index contributed by atoms with van der Waals surface area (Å²) >= 11 is 0. The first kappa shape index (κ1) is 12.0. The van der Waals surface area contributed by atoms with Crippen molar-refractivity contribution in [3.63, 3.8) is 0 Å². The van der Waals surface area contributed by atoms with Crippen molar-refractivity contribution in [3.8, 4) is 0 Å². The number of hydrogen-bond donors (Lipinski definition) is 2. The Balaban J connectivity index is 2.54. The molecule has 3 atom stereocenters. The molecular weight excluding hydrogens is 179 g/mol. The summed E-state index contributed by atoms with van der Waals surface area (Å²) in [4.78, 5) is 0. The van der Waals surface area contributed by atoms with Crippen molar-refractivity contribution in [1.29, 1.82) is 0 Å². The van der Waals surface area contributed by atoms with Gasteiger partial charge in [0.05, 0.1) is 0 Å². The van der Waals surface area contributed by atoms with Gasteiger partial charge in [-0.05, 0) is 30.6 Å². The molecule has 0 unspecified atom stereocenters. The van der Waals surface area contributed by atoms with Crippen LogP contribution in [-0.2, 0) is 4.65 Å². The summed E-state index contributed by atoms with van der Waals surface area (Å²) in [5, 5.41) is 17.6. The van der Waals surface area contributed by atoms with Gasteiger partial charge in [0, 0.05) is 6.10 Å². The molecule has 0 aromatic heterocycles. The first-order valence-corrected chi connectivity index (χ1v) is 5.52. The summed E-state index contributed by atoms with van der Waals surface area (Å²) in [6.07, 6.45) is 3.32. The van der Waals surface area contributed by atoms with Gasteiger partial charge in [0.25, 0.3) is 0 Å². The maximum Gasteiger partial charge on any atom is 0.634 e. The Bertz CT molecular complexity index is 171. The van der Waals surface area contributed by atoms with Gasteiger partial charge < -0.3 is 14.7 Å². The minimum atomic E-state index is -1.62. The summed E-state index contributed by atoms with van der Waals surface area (Å²) in [6.45, 7) is 6.53. The number of hydrogen-bond acceptors (Lipinski definition) is 3. The van der Waals surface area contributed by atoms with Crippen molar-refractivity contribution < 1.29 is 14.7 Å². The highest BCUT2D eigenvalue weighted by atomic mass is 16.6. The third-order valence-corrected chi connectivity index (χ3v) is 3.26. The molecule has 3 nitrogen and oxygen atoms in total. The first-order valence-electron chi connectivity index (χ1n) is 5.52. The van der Waals surface area contributed by atoms with E-state index in [1.54, 1.807) is 0 Å². The summed E-state index contributed by atoms with van der Waals surface area (Å²) in [5.74, 6) is 1.65. The average molecular weight is 200 g/mol. The Hall–Kier alpha value is -0.0551. The second-order valence-corrected chi connectivity index (χ2v) is 4.83. The van der Waals surface area contributed by atoms with E-state index in [1.165, 1.54) is 6.42 Å². The van der Waals surface area contributed by atoms with Crippen LogP contribution in [0, 0.1) is 17.8 Å². The van der Waals surface area contributed by atoms with Crippen LogP contribution in [0.3, 0.4) is 0 Å². The fourth-order valence-electron chi connectivity index (χ4n) is 2.43. The minimum Gasteiger partial charge on any atom is -0.402 e. The molecule has 0 radical (unpaired) electrons. The van der Waals surface area contributed by atoms with E-state index in [0.29, 0.717) is 17.8 Å². The standard InChI is InChI=1S/C10H21BO3/c1-7(2)9-5-4-8(3)6-10(9)14-11(12)13/h7-10,12-13H,4-6H2,1-3H3/t8-,9-,10+/m1/s1. The van der Waals surface area contributed by atoms with E-state index in [1.807, 2.05) is 0 Å². The topological polar surface area (TPSA) is 49.7 Å². The molecule has 82 valence electrons. The molecule has 0 saturated heterocycles. The highest BCUT2D eigenvalue weighted by Gasteiger charge is 2.33. The van der Waals surface area contributed by atoms with E-state index >= 15 is 0 Å². The molecule has 1 aliphatic carbocycles. The molecule has 0 aromatic rings. The van der Waals surface area contributed by atoms with E-state index in [2.05, 4.69) is 20.8 Å². The van der Waals surface area contributed by atoms with Crippen LogP contribution in [-0.4, -0.2) is 23.5 Å². The molecule has 2 N–H and O–H groups in total. The Labute approximate surface area is 86.6 Å². The maximum atomic E-state index is 8.82. The molecule has 0 aromatic carbocycles. The van der Waals surface area contributed by atoms with E-state index in [-0.39, 0.29) is 6.10 Å². The second kappa shape index (κ2) is 5.15. The van der Waals surface area contributed by atoms with Crippen LogP contribution in [0.2, 0.25) is 0 Å². The summed E-state index contributed by atoms with van der Waals surface area (Å²) in [6, 6.07) is 0. The lowest BCUT2D eigenvalue weighted by atomic mass is 9.75. The Morgan fingerprint density at radius 1 is 1.29 bits per heavy atom. The average Bonchev–Trinajstić information content (AvgIpc) is 2.01. The fourth-order valence-corrected chi connectivity index (χ4v) is 2.43. The highest BCUT2D eigenvalue weighted by Crippen LogP contribution is 2.35. The predicted octanol–water partition coefficient (Wildman–Crippen LogP) is 1.43. The SMILES string of the molecule is CC(C)[C@H]1CC[C@@H](C)C[C@@H]1OB(O)O. The van der Waals surface area contributed by atoms with Crippen molar-refractivity contribution >= 4 is 7.32 Å². The molecule has 0 spiro atoms. The van der Waals surface area contributed by atoms with Crippen molar-refractivity contribution in [1.82, 2.24) is 0 Å². The van der Waals surface area contributed by atoms with Crippen LogP contribution in [0.4, 0.5) is 0 Å². The van der Waals surface area contributed by atoms with Crippen LogP contribution in [0.15, 0.2) is 0 Å². The third kappa shape index (κ3) is 3.26. The van der Waals surface area contributed by atoms with Crippen LogP contribution in [0.1, 0.15) is 40.0 Å². The fraction of sp³-hybridized carbons (Fsp3) is 1.00. The normalized spacial score (nSPS) is 33.4. The van der Waals surface area contributed by atoms with Gasteiger partial charge in [-0.2, -0.15) is 0 Å². The molecule has 0 aliphatic heterocycles. The number of rotatable bonds is 3. The Kier molecular flexibility index (Phi) is 4.42. The zero-order valence-corrected chi connectivity index (χ0v) is 9.31. The molecule has 0 heterocycles. The third-order valence-electron chi connectivity index (χ3n) is 3.26. The van der Waals surface area contributed by atoms with Gasteiger partial charge in [0.15, 0.2) is 0 Å². The van der Waals surface area contributed by atoms with Gasteiger partial charge in [-0.25, -0.2) is 0 Å². The quantitative estimate of drug-likeness (QED) is 0.677. The minimum absolute atomic E-state index is 0.0127. The maximum absolute atomic E-state index is 8.82. The smallest absolute Gasteiger partial charge is 0.402 e. The molecule has 1 aliphatic rings. The Morgan fingerprint density at radius 2 is 1.93 bits per heavy atom. The van der Waals surface area contributed by atoms with Gasteiger partial charge in [-0.3, -0.25) is 0 Å². The Morgan fingerprint density at radius 3 is 2.43 bits per heavy atom. The van der Waals surface area contributed by atoms with Gasteiger partial charge in [-0.15, -0.1) is 0 Å². The lowest BCUT2D eigenvalue weighted by Crippen LogP contribution is -2.38. The van der Waals surface area contributed by atoms with Crippen LogP contribution in [0.25, 0.3) is 0 Å². The van der Waals surface area contributed by atoms with Crippen molar-refractivity contribution in [2.24, 2.45) is 17.8 Å². The van der Waals surface area contributed by atoms with Gasteiger partial charge in [0.1, 0.15) is 0 Å². The summed E-state index contributed by atoms with van der Waals surface area (Å²) < 4.78 is 5.15. The zero-order chi connectivity index (χ0) is 10.7. The molecule has 1 rings (SSSR count). The van der Waals surface area contributed by atoms with Crippen molar-refractivity contribution in [2.45, 2.75) is 46.1 Å². The summed E-state index contributed by atoms with van der Waals surface area (Å²) in [7, 11) is -1.62. The lowest BCUT2D eigenvalue weighted by Gasteiger charge is -2.37. The van der Waals surface area contributed by atoms with Crippen molar-refractivity contribution in [2.75, 3.05) is 0 Å². The highest BCUT2D eigenvalue weighted by molar-refractivity contribution is 6.32. The van der Waals surface area contributed by atoms with Crippen LogP contribution >= 0.6 is 0 Å². The lowest BCUT2D eigenvalue weighted by molar-refractivity contribution is 0.0121. The summed E-state index contributed by atoms with van der Waals surface area (Å²) in [5.41, 5.74) is 0. The van der Waals surface area contributed by atoms with Crippen molar-refractivity contribution in [3.05, 3.63) is 0 Å². The molecule has 0 bridgehead atoms. The first-order chi connectivity index (χ1) is 6.50. The van der Waals surface area contributed by atoms with E-state index in [9.17, 15) is 0 Å². The monoisotopic (exact) mass is 200 g/mol. The van der Waals surface area contributed by atoms with Gasteiger partial charge >= 0.3 is 7.32 Å². The predicted molar refractivity (Wildman–Crippen MR) is 56.4 cm³/mol. The molecule has 1 fully saturated rings. The van der Waals surface area contributed by atoms with E-state index in [0.717, 1.165) is 12.8 Å². The van der Waals surface area contributed by atoms with E-state index in [4.69, 9.17) is 14.7 Å². The molecule has 14 heavy (non-hydrogen) atoms. The van der Waals surface area contributed by atoms with Crippen LogP contribution in [0.5, 0.6) is 0 Å². The largest absolute Gasteiger partial charge is 0.634 e. The molecule has 4 heteroatoms. The zero-order valence-electron chi connectivity index (χ0n) is 9.31. The van der Waals surface area contributed by atoms with E-state index < -0.39 is 7.32 Å². The molecule has 1 saturated carbocycles. The molecule has 0 amide bonds. The second-order valence-electron chi connectivity index (χ2n) is 4.83. The van der Waals surface area contributed by atoms with Gasteiger partial charge in [0.2, 0.25) is 0 Å².